The van der Waals surface area contributed by atoms with Crippen molar-refractivity contribution >= 4 is 38.9 Å². The van der Waals surface area contributed by atoms with E-state index >= 15 is 0 Å². The molecule has 1 aromatic carbocycles. The molecule has 0 saturated carbocycles. The van der Waals surface area contributed by atoms with Crippen LogP contribution in [0.25, 0.3) is 0 Å². The molecule has 1 aromatic heterocycles. The third-order valence-electron chi connectivity index (χ3n) is 2.79. The average Bonchev–Trinajstić information content (AvgIpc) is 2.85. The highest BCUT2D eigenvalue weighted by atomic mass is 79.9. The van der Waals surface area contributed by atoms with Crippen LogP contribution in [0, 0.1) is 0 Å². The van der Waals surface area contributed by atoms with Crippen LogP contribution in [-0.4, -0.2) is 12.6 Å². The quantitative estimate of drug-likeness (QED) is 0.780. The van der Waals surface area contributed by atoms with Gasteiger partial charge >= 0.3 is 5.97 Å². The lowest BCUT2D eigenvalue weighted by molar-refractivity contribution is 0.0526. The maximum absolute atomic E-state index is 11.7. The molecule has 0 spiro atoms. The molecule has 1 N–H and O–H groups in total. The number of nitrogens with one attached hydrogen (secondary N) is 1. The van der Waals surface area contributed by atoms with Crippen LogP contribution in [-0.2, 0) is 4.74 Å². The SMILES string of the molecule is CCOC(=O)c1cccc(NC(C)c2sccc2Br)c1. The van der Waals surface area contributed by atoms with Crippen LogP contribution >= 0.6 is 27.3 Å². The van der Waals surface area contributed by atoms with Crippen molar-refractivity contribution in [3.8, 4) is 0 Å². The van der Waals surface area contributed by atoms with E-state index in [1.54, 1.807) is 24.3 Å². The molecular formula is C15H16BrNO2S. The maximum Gasteiger partial charge on any atom is 0.338 e. The van der Waals surface area contributed by atoms with Gasteiger partial charge in [0.1, 0.15) is 0 Å². The van der Waals surface area contributed by atoms with Gasteiger partial charge in [-0.25, -0.2) is 4.79 Å². The van der Waals surface area contributed by atoms with Crippen LogP contribution in [0.2, 0.25) is 0 Å². The number of rotatable bonds is 5. The standard InChI is InChI=1S/C15H16BrNO2S/c1-3-19-15(18)11-5-4-6-12(9-11)17-10(2)14-13(16)7-8-20-14/h4-10,17H,3H2,1-2H3. The summed E-state index contributed by atoms with van der Waals surface area (Å²) in [7, 11) is 0. The molecule has 2 aromatic rings. The van der Waals surface area contributed by atoms with E-state index in [0.29, 0.717) is 12.2 Å². The number of hydrogen-bond donors (Lipinski definition) is 1. The molecule has 5 heteroatoms. The third-order valence-corrected chi connectivity index (χ3v) is 4.85. The number of thiophene rings is 1. The van der Waals surface area contributed by atoms with Gasteiger partial charge in [-0.05, 0) is 59.4 Å². The number of benzene rings is 1. The Bertz CT molecular complexity index is 597. The summed E-state index contributed by atoms with van der Waals surface area (Å²) in [5.41, 5.74) is 1.47. The highest BCUT2D eigenvalue weighted by Gasteiger charge is 2.12. The average molecular weight is 354 g/mol. The largest absolute Gasteiger partial charge is 0.462 e. The summed E-state index contributed by atoms with van der Waals surface area (Å²) in [5.74, 6) is -0.291. The lowest BCUT2D eigenvalue weighted by atomic mass is 10.2. The van der Waals surface area contributed by atoms with Crippen LogP contribution in [0.4, 0.5) is 5.69 Å². The number of anilines is 1. The van der Waals surface area contributed by atoms with E-state index in [1.165, 1.54) is 4.88 Å². The van der Waals surface area contributed by atoms with Gasteiger partial charge in [-0.1, -0.05) is 6.07 Å². The van der Waals surface area contributed by atoms with Crippen LogP contribution in [0.3, 0.4) is 0 Å². The van der Waals surface area contributed by atoms with Crippen LogP contribution in [0.15, 0.2) is 40.2 Å². The molecule has 1 unspecified atom stereocenters. The zero-order valence-electron chi connectivity index (χ0n) is 11.4. The molecule has 3 nitrogen and oxygen atoms in total. The van der Waals surface area contributed by atoms with Gasteiger partial charge in [0.15, 0.2) is 0 Å². The van der Waals surface area contributed by atoms with Crippen molar-refractivity contribution in [2.75, 3.05) is 11.9 Å². The van der Waals surface area contributed by atoms with Gasteiger partial charge in [0.25, 0.3) is 0 Å². The number of esters is 1. The molecule has 0 saturated heterocycles. The molecule has 0 bridgehead atoms. The molecule has 0 radical (unpaired) electrons. The summed E-state index contributed by atoms with van der Waals surface area (Å²) in [4.78, 5) is 12.9. The Labute approximate surface area is 131 Å². The highest BCUT2D eigenvalue weighted by molar-refractivity contribution is 9.10. The number of ether oxygens (including phenoxy) is 1. The number of carbonyl (C=O) groups excluding carboxylic acids is 1. The fourth-order valence-electron chi connectivity index (χ4n) is 1.88. The number of hydrogen-bond acceptors (Lipinski definition) is 4. The van der Waals surface area contributed by atoms with Crippen molar-refractivity contribution in [1.29, 1.82) is 0 Å². The molecule has 1 heterocycles. The first-order chi connectivity index (χ1) is 9.61. The van der Waals surface area contributed by atoms with E-state index in [2.05, 4.69) is 28.2 Å². The molecule has 2 rings (SSSR count). The Morgan fingerprint density at radius 1 is 1.45 bits per heavy atom. The molecule has 1 atom stereocenters. The van der Waals surface area contributed by atoms with E-state index in [0.717, 1.165) is 10.2 Å². The summed E-state index contributed by atoms with van der Waals surface area (Å²) in [6, 6.07) is 9.57. The van der Waals surface area contributed by atoms with Gasteiger partial charge in [-0.15, -0.1) is 11.3 Å². The number of carbonyl (C=O) groups is 1. The lowest BCUT2D eigenvalue weighted by Gasteiger charge is -2.15. The van der Waals surface area contributed by atoms with Gasteiger partial charge < -0.3 is 10.1 Å². The molecule has 0 aliphatic rings. The minimum atomic E-state index is -0.291. The van der Waals surface area contributed by atoms with Crippen molar-refractivity contribution in [2.24, 2.45) is 0 Å². The van der Waals surface area contributed by atoms with Crippen molar-refractivity contribution in [2.45, 2.75) is 19.9 Å². The van der Waals surface area contributed by atoms with Gasteiger partial charge in [0.2, 0.25) is 0 Å². The number of halogens is 1. The second kappa shape index (κ2) is 6.90. The van der Waals surface area contributed by atoms with Crippen molar-refractivity contribution in [3.05, 3.63) is 50.6 Å². The topological polar surface area (TPSA) is 38.3 Å². The molecule has 106 valence electrons. The zero-order chi connectivity index (χ0) is 14.5. The van der Waals surface area contributed by atoms with Crippen molar-refractivity contribution < 1.29 is 9.53 Å². The Hall–Kier alpha value is -1.33. The van der Waals surface area contributed by atoms with E-state index in [4.69, 9.17) is 4.74 Å². The highest BCUT2D eigenvalue weighted by Crippen LogP contribution is 2.31. The smallest absolute Gasteiger partial charge is 0.338 e. The predicted octanol–water partition coefficient (Wildman–Crippen LogP) is 4.86. The normalized spacial score (nSPS) is 11.9. The molecule has 0 fully saturated rings. The molecule has 0 amide bonds. The van der Waals surface area contributed by atoms with Crippen LogP contribution in [0.5, 0.6) is 0 Å². The summed E-state index contributed by atoms with van der Waals surface area (Å²) >= 11 is 5.23. The van der Waals surface area contributed by atoms with E-state index in [1.807, 2.05) is 29.6 Å². The summed E-state index contributed by atoms with van der Waals surface area (Å²) in [6.07, 6.45) is 0. The van der Waals surface area contributed by atoms with Gasteiger partial charge in [-0.2, -0.15) is 0 Å². The fourth-order valence-corrected chi connectivity index (χ4v) is 3.61. The first kappa shape index (κ1) is 15.1. The second-order valence-corrected chi connectivity index (χ2v) is 6.10. The minimum absolute atomic E-state index is 0.168. The molecule has 20 heavy (non-hydrogen) atoms. The summed E-state index contributed by atoms with van der Waals surface area (Å²) in [6.45, 7) is 4.28. The molecule has 0 aliphatic heterocycles. The predicted molar refractivity (Wildman–Crippen MR) is 86.5 cm³/mol. The first-order valence-electron chi connectivity index (χ1n) is 6.38. The second-order valence-electron chi connectivity index (χ2n) is 4.30. The summed E-state index contributed by atoms with van der Waals surface area (Å²) < 4.78 is 6.11. The van der Waals surface area contributed by atoms with Crippen molar-refractivity contribution in [1.82, 2.24) is 0 Å². The van der Waals surface area contributed by atoms with Crippen LogP contribution in [0.1, 0.15) is 35.1 Å². The Morgan fingerprint density at radius 2 is 2.25 bits per heavy atom. The van der Waals surface area contributed by atoms with E-state index < -0.39 is 0 Å². The first-order valence-corrected chi connectivity index (χ1v) is 8.05. The van der Waals surface area contributed by atoms with Gasteiger partial charge in [0, 0.05) is 15.0 Å². The maximum atomic E-state index is 11.7. The van der Waals surface area contributed by atoms with E-state index in [-0.39, 0.29) is 12.0 Å². The van der Waals surface area contributed by atoms with E-state index in [9.17, 15) is 4.79 Å². The van der Waals surface area contributed by atoms with Crippen LogP contribution < -0.4 is 5.32 Å². The summed E-state index contributed by atoms with van der Waals surface area (Å²) in [5, 5.41) is 5.44. The third kappa shape index (κ3) is 3.61. The monoisotopic (exact) mass is 353 g/mol. The molecule has 0 aliphatic carbocycles. The lowest BCUT2D eigenvalue weighted by Crippen LogP contribution is -2.08. The Morgan fingerprint density at radius 3 is 2.90 bits per heavy atom. The fraction of sp³-hybridized carbons (Fsp3) is 0.267. The zero-order valence-corrected chi connectivity index (χ0v) is 13.8. The van der Waals surface area contributed by atoms with Gasteiger partial charge in [0.05, 0.1) is 18.2 Å². The van der Waals surface area contributed by atoms with Gasteiger partial charge in [-0.3, -0.25) is 0 Å². The Kier molecular flexibility index (Phi) is 5.20. The molecular weight excluding hydrogens is 338 g/mol. The Balaban J connectivity index is 2.12. The van der Waals surface area contributed by atoms with Crippen molar-refractivity contribution in [3.63, 3.8) is 0 Å². The minimum Gasteiger partial charge on any atom is -0.462 e.